The Hall–Kier alpha value is -2.71. The van der Waals surface area contributed by atoms with Crippen molar-refractivity contribution in [3.05, 3.63) is 65.7 Å². The highest BCUT2D eigenvalue weighted by Gasteiger charge is 2.31. The van der Waals surface area contributed by atoms with Gasteiger partial charge in [-0.15, -0.1) is 0 Å². The van der Waals surface area contributed by atoms with Gasteiger partial charge in [-0.25, -0.2) is 12.7 Å². The van der Waals surface area contributed by atoms with Gasteiger partial charge in [0, 0.05) is 13.1 Å². The van der Waals surface area contributed by atoms with Crippen molar-refractivity contribution in [1.29, 1.82) is 0 Å². The van der Waals surface area contributed by atoms with E-state index < -0.39 is 15.9 Å². The summed E-state index contributed by atoms with van der Waals surface area (Å²) in [5.41, 5.74) is 1.77. The lowest BCUT2D eigenvalue weighted by Crippen LogP contribution is -2.44. The normalized spacial score (nSPS) is 18.2. The molecule has 0 radical (unpaired) electrons. The largest absolute Gasteiger partial charge is 0.345 e. The molecule has 31 heavy (non-hydrogen) atoms. The van der Waals surface area contributed by atoms with E-state index in [0.717, 1.165) is 5.56 Å². The number of piperidine rings is 1. The molecule has 1 saturated heterocycles. The lowest BCUT2D eigenvalue weighted by Gasteiger charge is -2.31. The summed E-state index contributed by atoms with van der Waals surface area (Å²) in [4.78, 5) is 25.8. The van der Waals surface area contributed by atoms with Gasteiger partial charge in [0.05, 0.1) is 29.0 Å². The third-order valence-corrected chi connectivity index (χ3v) is 7.44. The van der Waals surface area contributed by atoms with Crippen molar-refractivity contribution < 1.29 is 18.0 Å². The Morgan fingerprint density at radius 2 is 1.77 bits per heavy atom. The summed E-state index contributed by atoms with van der Waals surface area (Å²) < 4.78 is 25.8. The van der Waals surface area contributed by atoms with E-state index in [1.807, 2.05) is 37.3 Å². The topological polar surface area (TPSA) is 95.6 Å². The molecule has 0 aliphatic carbocycles. The van der Waals surface area contributed by atoms with E-state index in [4.69, 9.17) is 0 Å². The average molecular weight is 444 g/mol. The Morgan fingerprint density at radius 3 is 2.48 bits per heavy atom. The van der Waals surface area contributed by atoms with Crippen molar-refractivity contribution in [3.8, 4) is 0 Å². The number of hydrogen-bond donors (Lipinski definition) is 2. The minimum Gasteiger partial charge on any atom is -0.345 e. The van der Waals surface area contributed by atoms with Crippen LogP contribution in [0, 0.1) is 5.92 Å². The highest BCUT2D eigenvalue weighted by molar-refractivity contribution is 7.89. The van der Waals surface area contributed by atoms with E-state index in [2.05, 4.69) is 10.6 Å². The van der Waals surface area contributed by atoms with Crippen LogP contribution in [0.5, 0.6) is 0 Å². The first-order chi connectivity index (χ1) is 14.8. The summed E-state index contributed by atoms with van der Waals surface area (Å²) in [6.45, 7) is 4.11. The first kappa shape index (κ1) is 23.0. The number of para-hydroxylation sites is 1. The number of amides is 2. The quantitative estimate of drug-likeness (QED) is 0.687. The Morgan fingerprint density at radius 1 is 1.10 bits per heavy atom. The standard InChI is InChI=1S/C23H29N3O4S/c1-3-31(29,30)26-15-9-12-19(16-26)22(27)25-21-14-8-7-13-20(21)23(28)24-17(2)18-10-5-4-6-11-18/h4-8,10-11,13-14,17,19H,3,9,12,15-16H2,1-2H3,(H,24,28)(H,25,27)/t17-,19+/m1/s1. The maximum Gasteiger partial charge on any atom is 0.253 e. The second-order valence-corrected chi connectivity index (χ2v) is 10.00. The summed E-state index contributed by atoms with van der Waals surface area (Å²) in [6.07, 6.45) is 1.25. The first-order valence-corrected chi connectivity index (χ1v) is 12.2. The summed E-state index contributed by atoms with van der Waals surface area (Å²) in [5, 5.41) is 5.81. The lowest BCUT2D eigenvalue weighted by molar-refractivity contribution is -0.120. The lowest BCUT2D eigenvalue weighted by atomic mass is 9.98. The van der Waals surface area contributed by atoms with Gasteiger partial charge < -0.3 is 10.6 Å². The molecule has 1 aliphatic heterocycles. The number of anilines is 1. The number of rotatable bonds is 7. The highest BCUT2D eigenvalue weighted by Crippen LogP contribution is 2.23. The van der Waals surface area contributed by atoms with E-state index in [1.54, 1.807) is 31.2 Å². The van der Waals surface area contributed by atoms with Crippen LogP contribution in [-0.2, 0) is 14.8 Å². The summed E-state index contributed by atoms with van der Waals surface area (Å²) >= 11 is 0. The Labute approximate surface area is 183 Å². The van der Waals surface area contributed by atoms with Crippen LogP contribution >= 0.6 is 0 Å². The molecular weight excluding hydrogens is 414 g/mol. The third kappa shape index (κ3) is 5.71. The molecular formula is C23H29N3O4S. The molecule has 166 valence electrons. The maximum atomic E-state index is 12.9. The summed E-state index contributed by atoms with van der Waals surface area (Å²) in [7, 11) is -3.33. The van der Waals surface area contributed by atoms with Crippen molar-refractivity contribution >= 4 is 27.5 Å². The molecule has 0 aromatic heterocycles. The molecule has 2 amide bonds. The van der Waals surface area contributed by atoms with Crippen molar-refractivity contribution in [2.75, 3.05) is 24.2 Å². The predicted octanol–water partition coefficient (Wildman–Crippen LogP) is 3.18. The van der Waals surface area contributed by atoms with E-state index in [9.17, 15) is 18.0 Å². The molecule has 1 fully saturated rings. The summed E-state index contributed by atoms with van der Waals surface area (Å²) in [5.74, 6) is -0.989. The van der Waals surface area contributed by atoms with Crippen molar-refractivity contribution in [2.24, 2.45) is 5.92 Å². The minimum absolute atomic E-state index is 0.0178. The molecule has 1 heterocycles. The van der Waals surface area contributed by atoms with Crippen LogP contribution in [0.15, 0.2) is 54.6 Å². The van der Waals surface area contributed by atoms with Crippen LogP contribution in [0.1, 0.15) is 48.7 Å². The van der Waals surface area contributed by atoms with Gasteiger partial charge in [-0.05, 0) is 44.4 Å². The molecule has 2 atom stereocenters. The molecule has 0 bridgehead atoms. The van der Waals surface area contributed by atoms with Gasteiger partial charge in [0.1, 0.15) is 0 Å². The monoisotopic (exact) mass is 443 g/mol. The van der Waals surface area contributed by atoms with Gasteiger partial charge >= 0.3 is 0 Å². The fourth-order valence-corrected chi connectivity index (χ4v) is 4.90. The molecule has 2 aromatic rings. The molecule has 0 saturated carbocycles. The van der Waals surface area contributed by atoms with Crippen molar-refractivity contribution in [3.63, 3.8) is 0 Å². The van der Waals surface area contributed by atoms with E-state index >= 15 is 0 Å². The Balaban J connectivity index is 1.70. The summed E-state index contributed by atoms with van der Waals surface area (Å²) in [6, 6.07) is 16.3. The van der Waals surface area contributed by atoms with Crippen LogP contribution in [0.4, 0.5) is 5.69 Å². The minimum atomic E-state index is -3.33. The molecule has 3 rings (SSSR count). The van der Waals surface area contributed by atoms with E-state index in [1.165, 1.54) is 4.31 Å². The Bertz CT molecular complexity index is 1020. The van der Waals surface area contributed by atoms with Crippen LogP contribution in [-0.4, -0.2) is 43.4 Å². The predicted molar refractivity (Wildman–Crippen MR) is 121 cm³/mol. The molecule has 8 heteroatoms. The number of nitrogens with one attached hydrogen (secondary N) is 2. The number of benzene rings is 2. The number of carbonyl (C=O) groups is 2. The van der Waals surface area contributed by atoms with Gasteiger partial charge in [-0.2, -0.15) is 0 Å². The zero-order chi connectivity index (χ0) is 22.4. The maximum absolute atomic E-state index is 12.9. The number of sulfonamides is 1. The molecule has 2 N–H and O–H groups in total. The second-order valence-electron chi connectivity index (χ2n) is 7.74. The zero-order valence-electron chi connectivity index (χ0n) is 17.9. The van der Waals surface area contributed by atoms with Crippen LogP contribution < -0.4 is 10.6 Å². The third-order valence-electron chi connectivity index (χ3n) is 5.59. The van der Waals surface area contributed by atoms with Crippen molar-refractivity contribution in [1.82, 2.24) is 9.62 Å². The zero-order valence-corrected chi connectivity index (χ0v) is 18.7. The van der Waals surface area contributed by atoms with Gasteiger partial charge in [0.2, 0.25) is 15.9 Å². The molecule has 0 unspecified atom stereocenters. The van der Waals surface area contributed by atoms with E-state index in [-0.39, 0.29) is 30.2 Å². The average Bonchev–Trinajstić information content (AvgIpc) is 2.80. The highest BCUT2D eigenvalue weighted by atomic mass is 32.2. The smallest absolute Gasteiger partial charge is 0.253 e. The van der Waals surface area contributed by atoms with Crippen LogP contribution in [0.2, 0.25) is 0 Å². The number of nitrogens with zero attached hydrogens (tertiary/aromatic N) is 1. The Kier molecular flexibility index (Phi) is 7.46. The van der Waals surface area contributed by atoms with Crippen molar-refractivity contribution in [2.45, 2.75) is 32.7 Å². The van der Waals surface area contributed by atoms with E-state index in [0.29, 0.717) is 30.6 Å². The second kappa shape index (κ2) is 10.1. The van der Waals surface area contributed by atoms with Gasteiger partial charge in [-0.3, -0.25) is 9.59 Å². The molecule has 2 aromatic carbocycles. The molecule has 0 spiro atoms. The molecule has 1 aliphatic rings. The van der Waals surface area contributed by atoms with Gasteiger partial charge in [-0.1, -0.05) is 42.5 Å². The number of carbonyl (C=O) groups excluding carboxylic acids is 2. The fourth-order valence-electron chi connectivity index (χ4n) is 3.72. The number of hydrogen-bond acceptors (Lipinski definition) is 4. The van der Waals surface area contributed by atoms with Crippen LogP contribution in [0.3, 0.4) is 0 Å². The molecule has 7 nitrogen and oxygen atoms in total. The fraction of sp³-hybridized carbons (Fsp3) is 0.391. The SMILES string of the molecule is CCS(=O)(=O)N1CCC[C@H](C(=O)Nc2ccccc2C(=O)N[C@H](C)c2ccccc2)C1. The van der Waals surface area contributed by atoms with Gasteiger partial charge in [0.25, 0.3) is 5.91 Å². The van der Waals surface area contributed by atoms with Crippen LogP contribution in [0.25, 0.3) is 0 Å². The first-order valence-electron chi connectivity index (χ1n) is 10.6. The van der Waals surface area contributed by atoms with Gasteiger partial charge in [0.15, 0.2) is 0 Å².